The van der Waals surface area contributed by atoms with Gasteiger partial charge in [-0.05, 0) is 36.6 Å². The van der Waals surface area contributed by atoms with Gasteiger partial charge in [0.2, 0.25) is 5.91 Å². The standard InChI is InChI=1S/C22H30Cl2N4O2/c1-5-11-27(22(30)25-21-18(23)9-6-10-19(21)24)15-20(29)28(13-16(2)3)14-17-8-7-12-26(17)4/h6-10,12,16H,5,11,13-15H2,1-4H3,(H,25,30). The summed E-state index contributed by atoms with van der Waals surface area (Å²) in [6, 6.07) is 8.57. The summed E-state index contributed by atoms with van der Waals surface area (Å²) in [5.41, 5.74) is 1.39. The van der Waals surface area contributed by atoms with E-state index in [1.165, 1.54) is 4.90 Å². The third-order valence-electron chi connectivity index (χ3n) is 4.64. The normalized spacial score (nSPS) is 10.9. The fourth-order valence-electron chi connectivity index (χ4n) is 3.14. The lowest BCUT2D eigenvalue weighted by atomic mass is 10.2. The lowest BCUT2D eigenvalue weighted by Crippen LogP contribution is -2.45. The number of hydrogen-bond donors (Lipinski definition) is 1. The van der Waals surface area contributed by atoms with Crippen LogP contribution in [0.1, 0.15) is 32.9 Å². The van der Waals surface area contributed by atoms with Gasteiger partial charge < -0.3 is 19.7 Å². The highest BCUT2D eigenvalue weighted by Gasteiger charge is 2.23. The minimum absolute atomic E-state index is 0.0150. The van der Waals surface area contributed by atoms with Crippen molar-refractivity contribution >= 4 is 40.8 Å². The van der Waals surface area contributed by atoms with Crippen LogP contribution in [0.4, 0.5) is 10.5 Å². The molecule has 1 aromatic carbocycles. The number of para-hydroxylation sites is 1. The van der Waals surface area contributed by atoms with Gasteiger partial charge in [-0.25, -0.2) is 4.79 Å². The molecule has 0 aliphatic rings. The van der Waals surface area contributed by atoms with E-state index in [2.05, 4.69) is 19.2 Å². The molecule has 0 unspecified atom stereocenters. The second kappa shape index (κ2) is 11.3. The molecule has 8 heteroatoms. The molecule has 6 nitrogen and oxygen atoms in total. The number of benzene rings is 1. The molecule has 164 valence electrons. The Bertz CT molecular complexity index is 846. The molecule has 30 heavy (non-hydrogen) atoms. The van der Waals surface area contributed by atoms with Crippen molar-refractivity contribution in [3.8, 4) is 0 Å². The monoisotopic (exact) mass is 452 g/mol. The zero-order chi connectivity index (χ0) is 22.3. The first kappa shape index (κ1) is 24.1. The summed E-state index contributed by atoms with van der Waals surface area (Å²) < 4.78 is 2.00. The van der Waals surface area contributed by atoms with E-state index in [4.69, 9.17) is 23.2 Å². The summed E-state index contributed by atoms with van der Waals surface area (Å²) in [4.78, 5) is 29.3. The topological polar surface area (TPSA) is 57.6 Å². The van der Waals surface area contributed by atoms with E-state index in [1.54, 1.807) is 23.1 Å². The Labute approximate surface area is 188 Å². The van der Waals surface area contributed by atoms with Crippen molar-refractivity contribution in [1.82, 2.24) is 14.4 Å². The maximum absolute atomic E-state index is 13.1. The summed E-state index contributed by atoms with van der Waals surface area (Å²) in [6.45, 7) is 7.64. The molecule has 0 spiro atoms. The van der Waals surface area contributed by atoms with Gasteiger partial charge in [0.1, 0.15) is 6.54 Å². The number of urea groups is 1. The Balaban J connectivity index is 2.14. The van der Waals surface area contributed by atoms with Gasteiger partial charge >= 0.3 is 6.03 Å². The summed E-state index contributed by atoms with van der Waals surface area (Å²) >= 11 is 12.3. The van der Waals surface area contributed by atoms with E-state index in [0.29, 0.717) is 41.3 Å². The lowest BCUT2D eigenvalue weighted by Gasteiger charge is -2.29. The van der Waals surface area contributed by atoms with Gasteiger partial charge in [-0.1, -0.05) is 50.0 Å². The van der Waals surface area contributed by atoms with Crippen LogP contribution in [0.15, 0.2) is 36.5 Å². The van der Waals surface area contributed by atoms with Gasteiger partial charge in [-0.2, -0.15) is 0 Å². The molecule has 1 aromatic heterocycles. The van der Waals surface area contributed by atoms with Crippen molar-refractivity contribution in [3.63, 3.8) is 0 Å². The molecule has 1 heterocycles. The molecular weight excluding hydrogens is 423 g/mol. The molecule has 0 fully saturated rings. The lowest BCUT2D eigenvalue weighted by molar-refractivity contribution is -0.133. The van der Waals surface area contributed by atoms with E-state index in [0.717, 1.165) is 12.1 Å². The number of aryl methyl sites for hydroxylation is 1. The van der Waals surface area contributed by atoms with Crippen molar-refractivity contribution in [2.45, 2.75) is 33.7 Å². The van der Waals surface area contributed by atoms with E-state index in [9.17, 15) is 9.59 Å². The molecule has 0 radical (unpaired) electrons. The van der Waals surface area contributed by atoms with Crippen LogP contribution in [-0.4, -0.2) is 45.9 Å². The van der Waals surface area contributed by atoms with Crippen LogP contribution >= 0.6 is 23.2 Å². The zero-order valence-corrected chi connectivity index (χ0v) is 19.5. The maximum Gasteiger partial charge on any atom is 0.322 e. The third kappa shape index (κ3) is 6.67. The van der Waals surface area contributed by atoms with Gasteiger partial charge in [0.25, 0.3) is 0 Å². The highest BCUT2D eigenvalue weighted by Crippen LogP contribution is 2.30. The van der Waals surface area contributed by atoms with Crippen molar-refractivity contribution in [2.75, 3.05) is 25.0 Å². The first-order chi connectivity index (χ1) is 14.2. The van der Waals surface area contributed by atoms with Gasteiger partial charge in [0.05, 0.1) is 22.3 Å². The van der Waals surface area contributed by atoms with Crippen LogP contribution in [0, 0.1) is 5.92 Å². The molecule has 1 N–H and O–H groups in total. The number of nitrogens with one attached hydrogen (secondary N) is 1. The number of nitrogens with zero attached hydrogens (tertiary/aromatic N) is 3. The van der Waals surface area contributed by atoms with Crippen molar-refractivity contribution in [3.05, 3.63) is 52.3 Å². The van der Waals surface area contributed by atoms with Crippen molar-refractivity contribution in [2.24, 2.45) is 13.0 Å². The van der Waals surface area contributed by atoms with E-state index in [-0.39, 0.29) is 12.5 Å². The number of hydrogen-bond acceptors (Lipinski definition) is 2. The SMILES string of the molecule is CCCN(CC(=O)N(Cc1cccn1C)CC(C)C)C(=O)Nc1c(Cl)cccc1Cl. The van der Waals surface area contributed by atoms with Crippen LogP contribution in [0.3, 0.4) is 0 Å². The number of carbonyl (C=O) groups is 2. The number of amides is 3. The molecule has 3 amide bonds. The smallest absolute Gasteiger partial charge is 0.322 e. The van der Waals surface area contributed by atoms with Gasteiger partial charge in [0.15, 0.2) is 0 Å². The molecule has 0 bridgehead atoms. The van der Waals surface area contributed by atoms with Gasteiger partial charge in [0, 0.05) is 32.0 Å². The van der Waals surface area contributed by atoms with Crippen LogP contribution in [-0.2, 0) is 18.4 Å². The Kier molecular flexibility index (Phi) is 9.06. The molecule has 2 aromatic rings. The minimum Gasteiger partial charge on any atom is -0.353 e. The van der Waals surface area contributed by atoms with Crippen LogP contribution in [0.2, 0.25) is 10.0 Å². The molecule has 0 aliphatic carbocycles. The molecule has 2 rings (SSSR count). The Morgan fingerprint density at radius 2 is 1.77 bits per heavy atom. The predicted molar refractivity (Wildman–Crippen MR) is 123 cm³/mol. The molecular formula is C22H30Cl2N4O2. The third-order valence-corrected chi connectivity index (χ3v) is 5.27. The highest BCUT2D eigenvalue weighted by atomic mass is 35.5. The largest absolute Gasteiger partial charge is 0.353 e. The average molecular weight is 453 g/mol. The maximum atomic E-state index is 13.1. The summed E-state index contributed by atoms with van der Waals surface area (Å²) in [5, 5.41) is 3.45. The fraction of sp³-hybridized carbons (Fsp3) is 0.455. The average Bonchev–Trinajstić information content (AvgIpc) is 3.08. The van der Waals surface area contributed by atoms with Crippen molar-refractivity contribution in [1.29, 1.82) is 0 Å². The van der Waals surface area contributed by atoms with Gasteiger partial charge in [-0.15, -0.1) is 0 Å². The second-order valence-corrected chi connectivity index (χ2v) is 8.54. The zero-order valence-electron chi connectivity index (χ0n) is 18.0. The second-order valence-electron chi connectivity index (χ2n) is 7.73. The molecule has 0 saturated carbocycles. The van der Waals surface area contributed by atoms with Crippen LogP contribution < -0.4 is 5.32 Å². The Morgan fingerprint density at radius 1 is 1.10 bits per heavy atom. The predicted octanol–water partition coefficient (Wildman–Crippen LogP) is 5.26. The number of carbonyl (C=O) groups excluding carboxylic acids is 2. The van der Waals surface area contributed by atoms with Crippen LogP contribution in [0.25, 0.3) is 0 Å². The van der Waals surface area contributed by atoms with Crippen molar-refractivity contribution < 1.29 is 9.59 Å². The summed E-state index contributed by atoms with van der Waals surface area (Å²) in [7, 11) is 1.96. The summed E-state index contributed by atoms with van der Waals surface area (Å²) in [6.07, 6.45) is 2.68. The highest BCUT2D eigenvalue weighted by molar-refractivity contribution is 6.39. The Hall–Kier alpha value is -2.18. The van der Waals surface area contributed by atoms with E-state index < -0.39 is 6.03 Å². The number of anilines is 1. The minimum atomic E-state index is -0.399. The number of rotatable bonds is 9. The molecule has 0 saturated heterocycles. The van der Waals surface area contributed by atoms with Crippen LogP contribution in [0.5, 0.6) is 0 Å². The fourth-order valence-corrected chi connectivity index (χ4v) is 3.63. The number of halogens is 2. The van der Waals surface area contributed by atoms with E-state index in [1.807, 2.05) is 36.9 Å². The van der Waals surface area contributed by atoms with Gasteiger partial charge in [-0.3, -0.25) is 4.79 Å². The Morgan fingerprint density at radius 3 is 2.30 bits per heavy atom. The molecule has 0 atom stereocenters. The number of aromatic nitrogens is 1. The van der Waals surface area contributed by atoms with E-state index >= 15 is 0 Å². The first-order valence-electron chi connectivity index (χ1n) is 10.1. The first-order valence-corrected chi connectivity index (χ1v) is 10.9. The molecule has 0 aliphatic heterocycles. The quantitative estimate of drug-likeness (QED) is 0.563. The summed E-state index contributed by atoms with van der Waals surface area (Å²) in [5.74, 6) is 0.211.